The summed E-state index contributed by atoms with van der Waals surface area (Å²) in [6, 6.07) is 7.18. The highest BCUT2D eigenvalue weighted by Gasteiger charge is 2.04. The molecule has 5 nitrogen and oxygen atoms in total. The number of rotatable bonds is 4. The van der Waals surface area contributed by atoms with Crippen molar-refractivity contribution in [1.29, 1.82) is 0 Å². The minimum absolute atomic E-state index is 0.527. The van der Waals surface area contributed by atoms with E-state index in [2.05, 4.69) is 10.3 Å². The van der Waals surface area contributed by atoms with Crippen LogP contribution < -0.4 is 10.4 Å². The quantitative estimate of drug-likeness (QED) is 0.861. The lowest BCUT2D eigenvalue weighted by Gasteiger charge is -2.04. The van der Waals surface area contributed by atoms with Crippen LogP contribution in [0, 0.1) is 6.92 Å². The van der Waals surface area contributed by atoms with Gasteiger partial charge in [0.25, 0.3) is 0 Å². The number of anilines is 1. The number of benzene rings is 1. The van der Waals surface area contributed by atoms with Crippen LogP contribution in [0.1, 0.15) is 5.01 Å². The molecule has 0 atom stereocenters. The van der Waals surface area contributed by atoms with Crippen molar-refractivity contribution < 1.29 is 14.7 Å². The Morgan fingerprint density at radius 3 is 2.80 bits per heavy atom. The first-order valence-corrected chi connectivity index (χ1v) is 6.65. The van der Waals surface area contributed by atoms with Crippen molar-refractivity contribution in [2.75, 3.05) is 5.32 Å². The van der Waals surface area contributed by atoms with Crippen LogP contribution in [0.4, 0.5) is 5.69 Å². The van der Waals surface area contributed by atoms with Crippen molar-refractivity contribution in [2.45, 2.75) is 6.92 Å². The molecule has 0 saturated carbocycles. The number of aryl methyl sites for hydroxylation is 1. The third kappa shape index (κ3) is 3.76. The second-order valence-electron chi connectivity index (χ2n) is 3.97. The normalized spacial score (nSPS) is 10.7. The van der Waals surface area contributed by atoms with E-state index in [4.69, 9.17) is 0 Å². The minimum atomic E-state index is -1.41. The summed E-state index contributed by atoms with van der Waals surface area (Å²) in [6.07, 6.45) is 1.60. The lowest BCUT2D eigenvalue weighted by Crippen LogP contribution is -2.20. The molecule has 0 aliphatic carbocycles. The van der Waals surface area contributed by atoms with Crippen molar-refractivity contribution in [1.82, 2.24) is 4.98 Å². The van der Waals surface area contributed by atoms with E-state index in [1.54, 1.807) is 29.5 Å². The Bertz CT molecular complexity index is 677. The van der Waals surface area contributed by atoms with Gasteiger partial charge in [0, 0.05) is 22.7 Å². The Hall–Kier alpha value is -2.47. The molecule has 0 bridgehead atoms. The van der Waals surface area contributed by atoms with Gasteiger partial charge in [-0.2, -0.15) is 0 Å². The van der Waals surface area contributed by atoms with Crippen LogP contribution in [-0.4, -0.2) is 16.9 Å². The summed E-state index contributed by atoms with van der Waals surface area (Å²) in [4.78, 5) is 26.0. The number of nitrogens with zero attached hydrogens (tertiary/aromatic N) is 1. The molecule has 1 heterocycles. The number of hydrogen-bond acceptors (Lipinski definition) is 5. The monoisotopic (exact) mass is 287 g/mol. The minimum Gasteiger partial charge on any atom is -0.545 e. The molecule has 2 aromatic rings. The number of aliphatic carboxylic acids is 1. The number of aromatic nitrogens is 1. The number of amides is 1. The van der Waals surface area contributed by atoms with Crippen LogP contribution in [-0.2, 0) is 9.59 Å². The second-order valence-corrected chi connectivity index (χ2v) is 5.04. The Morgan fingerprint density at radius 1 is 1.35 bits per heavy atom. The Morgan fingerprint density at radius 2 is 2.15 bits per heavy atom. The number of nitrogens with one attached hydrogen (secondary N) is 1. The van der Waals surface area contributed by atoms with E-state index in [1.807, 2.05) is 18.4 Å². The van der Waals surface area contributed by atoms with Crippen LogP contribution in [0.25, 0.3) is 11.3 Å². The number of hydrogen-bond donors (Lipinski definition) is 1. The molecule has 102 valence electrons. The van der Waals surface area contributed by atoms with Crippen molar-refractivity contribution in [3.8, 4) is 11.3 Å². The maximum atomic E-state index is 11.5. The van der Waals surface area contributed by atoms with E-state index in [1.165, 1.54) is 0 Å². The van der Waals surface area contributed by atoms with Gasteiger partial charge in [-0.05, 0) is 25.1 Å². The van der Waals surface area contributed by atoms with E-state index in [-0.39, 0.29) is 0 Å². The van der Waals surface area contributed by atoms with Gasteiger partial charge >= 0.3 is 0 Å². The zero-order chi connectivity index (χ0) is 14.5. The fraction of sp³-hybridized carbons (Fsp3) is 0.0714. The third-order valence-electron chi connectivity index (χ3n) is 2.42. The Labute approximate surface area is 119 Å². The van der Waals surface area contributed by atoms with Gasteiger partial charge in [-0.3, -0.25) is 4.79 Å². The zero-order valence-electron chi connectivity index (χ0n) is 10.6. The average Bonchev–Trinajstić information content (AvgIpc) is 2.83. The summed E-state index contributed by atoms with van der Waals surface area (Å²) in [6.45, 7) is 1.92. The highest BCUT2D eigenvalue weighted by molar-refractivity contribution is 7.09. The topological polar surface area (TPSA) is 82.1 Å². The number of carboxylic acids is 1. The van der Waals surface area contributed by atoms with E-state index in [9.17, 15) is 14.7 Å². The van der Waals surface area contributed by atoms with Crippen LogP contribution in [0.15, 0.2) is 41.8 Å². The van der Waals surface area contributed by atoms with Gasteiger partial charge in [-0.15, -0.1) is 11.3 Å². The summed E-state index contributed by atoms with van der Waals surface area (Å²) in [5.41, 5.74) is 2.30. The van der Waals surface area contributed by atoms with Crippen LogP contribution in [0.2, 0.25) is 0 Å². The molecule has 0 aliphatic heterocycles. The summed E-state index contributed by atoms with van der Waals surface area (Å²) in [7, 11) is 0. The number of carboxylic acid groups (broad SMARTS) is 1. The molecule has 0 radical (unpaired) electrons. The zero-order valence-corrected chi connectivity index (χ0v) is 11.4. The lowest BCUT2D eigenvalue weighted by molar-refractivity contribution is -0.297. The molecular formula is C14H11N2O3S-. The maximum Gasteiger partial charge on any atom is 0.248 e. The lowest BCUT2D eigenvalue weighted by atomic mass is 10.1. The summed E-state index contributed by atoms with van der Waals surface area (Å²) in [5.74, 6) is -1.94. The molecule has 0 fully saturated rings. The van der Waals surface area contributed by atoms with Crippen molar-refractivity contribution in [2.24, 2.45) is 0 Å². The Kier molecular flexibility index (Phi) is 4.27. The molecular weight excluding hydrogens is 276 g/mol. The Balaban J connectivity index is 2.14. The van der Waals surface area contributed by atoms with Gasteiger partial charge < -0.3 is 15.2 Å². The molecule has 0 unspecified atom stereocenters. The molecule has 2 rings (SSSR count). The number of carbonyl (C=O) groups is 2. The van der Waals surface area contributed by atoms with Crippen molar-refractivity contribution in [3.63, 3.8) is 0 Å². The molecule has 0 saturated heterocycles. The van der Waals surface area contributed by atoms with E-state index >= 15 is 0 Å². The van der Waals surface area contributed by atoms with Gasteiger partial charge in [0.05, 0.1) is 16.7 Å². The highest BCUT2D eigenvalue weighted by atomic mass is 32.1. The fourth-order valence-corrected chi connectivity index (χ4v) is 2.20. The molecule has 1 aromatic carbocycles. The molecule has 1 aromatic heterocycles. The third-order valence-corrected chi connectivity index (χ3v) is 3.19. The smallest absolute Gasteiger partial charge is 0.248 e. The first kappa shape index (κ1) is 14.0. The second kappa shape index (κ2) is 6.12. The first-order chi connectivity index (χ1) is 9.54. The predicted octanol–water partition coefficient (Wildman–Crippen LogP) is 1.36. The van der Waals surface area contributed by atoms with Gasteiger partial charge in [0.2, 0.25) is 5.91 Å². The first-order valence-electron chi connectivity index (χ1n) is 5.77. The van der Waals surface area contributed by atoms with Gasteiger partial charge in [-0.25, -0.2) is 4.98 Å². The van der Waals surface area contributed by atoms with Crippen molar-refractivity contribution in [3.05, 3.63) is 46.8 Å². The molecule has 0 aliphatic rings. The van der Waals surface area contributed by atoms with Crippen molar-refractivity contribution >= 4 is 28.9 Å². The summed E-state index contributed by atoms with van der Waals surface area (Å²) < 4.78 is 0. The van der Waals surface area contributed by atoms with E-state index in [0.29, 0.717) is 11.8 Å². The van der Waals surface area contributed by atoms with E-state index < -0.39 is 11.9 Å². The largest absolute Gasteiger partial charge is 0.545 e. The van der Waals surface area contributed by atoms with Gasteiger partial charge in [-0.1, -0.05) is 12.1 Å². The molecule has 0 spiro atoms. The number of thiazole rings is 1. The molecule has 1 amide bonds. The number of carbonyl (C=O) groups excluding carboxylic acids is 2. The highest BCUT2D eigenvalue weighted by Crippen LogP contribution is 2.24. The van der Waals surface area contributed by atoms with Crippen LogP contribution in [0.5, 0.6) is 0 Å². The fourth-order valence-electron chi connectivity index (χ4n) is 1.58. The molecule has 1 N–H and O–H groups in total. The van der Waals surface area contributed by atoms with Gasteiger partial charge in [0.15, 0.2) is 0 Å². The maximum absolute atomic E-state index is 11.5. The SMILES string of the molecule is Cc1nc(-c2cccc(NC(=O)C=CC(=O)[O-])c2)cs1. The van der Waals surface area contributed by atoms with Gasteiger partial charge in [0.1, 0.15) is 0 Å². The molecule has 6 heteroatoms. The van der Waals surface area contributed by atoms with Crippen LogP contribution in [0.3, 0.4) is 0 Å². The standard InChI is InChI=1S/C14H12N2O3S/c1-9-15-12(8-20-9)10-3-2-4-11(7-10)16-13(17)5-6-14(18)19/h2-8H,1H3,(H,16,17)(H,18,19)/p-1. The predicted molar refractivity (Wildman–Crippen MR) is 75.1 cm³/mol. The molecule has 20 heavy (non-hydrogen) atoms. The van der Waals surface area contributed by atoms with Crippen LogP contribution >= 0.6 is 11.3 Å². The summed E-state index contributed by atoms with van der Waals surface area (Å²) in [5, 5.41) is 15.7. The summed E-state index contributed by atoms with van der Waals surface area (Å²) >= 11 is 1.55. The van der Waals surface area contributed by atoms with E-state index in [0.717, 1.165) is 22.3 Å². The average molecular weight is 287 g/mol.